The van der Waals surface area contributed by atoms with Crippen molar-refractivity contribution in [3.63, 3.8) is 0 Å². The van der Waals surface area contributed by atoms with Crippen LogP contribution in [0.2, 0.25) is 0 Å². The predicted octanol–water partition coefficient (Wildman–Crippen LogP) is 1.51. The number of aromatic amines is 1. The number of carbonyl (C=O) groups is 1. The molecule has 1 aromatic carbocycles. The molecule has 1 N–H and O–H groups in total. The summed E-state index contributed by atoms with van der Waals surface area (Å²) in [4.78, 5) is 41.3. The lowest BCUT2D eigenvalue weighted by Crippen LogP contribution is -2.36. The van der Waals surface area contributed by atoms with Crippen LogP contribution in [-0.2, 0) is 0 Å². The molecular formula is C16H19N3O3. The summed E-state index contributed by atoms with van der Waals surface area (Å²) in [5.41, 5.74) is 0.149. The standard InChI is InChI=1S/C16H19N3O3/c1-10(2)19-15(21)12-6-5-11(9-13(12)17-16(19)22)14(20)18-7-3-4-8-18/h5-6,9-10H,3-4,7-8H2,1-2H3,(H,17,22). The van der Waals surface area contributed by atoms with E-state index in [1.54, 1.807) is 36.9 Å². The van der Waals surface area contributed by atoms with Gasteiger partial charge in [-0.1, -0.05) is 0 Å². The molecule has 0 saturated carbocycles. The third kappa shape index (κ3) is 2.34. The third-order valence-corrected chi connectivity index (χ3v) is 4.09. The Bertz CT molecular complexity index is 842. The topological polar surface area (TPSA) is 75.2 Å². The van der Waals surface area contributed by atoms with Crippen LogP contribution in [0.1, 0.15) is 43.1 Å². The molecule has 3 rings (SSSR count). The van der Waals surface area contributed by atoms with Crippen molar-refractivity contribution >= 4 is 16.8 Å². The van der Waals surface area contributed by atoms with E-state index in [4.69, 9.17) is 0 Å². The molecule has 1 amide bonds. The minimum absolute atomic E-state index is 0.0479. The summed E-state index contributed by atoms with van der Waals surface area (Å²) in [6.07, 6.45) is 2.05. The van der Waals surface area contributed by atoms with E-state index in [2.05, 4.69) is 4.98 Å². The highest BCUT2D eigenvalue weighted by Gasteiger charge is 2.20. The SMILES string of the molecule is CC(C)n1c(=O)[nH]c2cc(C(=O)N3CCCC3)ccc2c1=O. The number of carbonyl (C=O) groups excluding carboxylic acids is 1. The first-order chi connectivity index (χ1) is 10.5. The molecule has 0 radical (unpaired) electrons. The third-order valence-electron chi connectivity index (χ3n) is 4.09. The van der Waals surface area contributed by atoms with Crippen molar-refractivity contribution in [1.82, 2.24) is 14.5 Å². The molecule has 1 saturated heterocycles. The van der Waals surface area contributed by atoms with E-state index in [9.17, 15) is 14.4 Å². The Morgan fingerprint density at radius 2 is 1.86 bits per heavy atom. The van der Waals surface area contributed by atoms with E-state index in [0.717, 1.165) is 25.9 Å². The monoisotopic (exact) mass is 301 g/mol. The first-order valence-corrected chi connectivity index (χ1v) is 7.57. The molecule has 1 fully saturated rings. The molecule has 0 aliphatic carbocycles. The molecule has 0 atom stereocenters. The molecule has 0 unspecified atom stereocenters. The molecule has 2 heterocycles. The normalized spacial score (nSPS) is 15.0. The van der Waals surface area contributed by atoms with Crippen LogP contribution in [-0.4, -0.2) is 33.4 Å². The van der Waals surface area contributed by atoms with Crippen LogP contribution in [0.4, 0.5) is 0 Å². The van der Waals surface area contributed by atoms with Gasteiger partial charge in [0.15, 0.2) is 0 Å². The second-order valence-corrected chi connectivity index (χ2v) is 5.96. The van der Waals surface area contributed by atoms with Crippen molar-refractivity contribution in [1.29, 1.82) is 0 Å². The van der Waals surface area contributed by atoms with Gasteiger partial charge in [-0.15, -0.1) is 0 Å². The van der Waals surface area contributed by atoms with Crippen molar-refractivity contribution in [3.05, 3.63) is 44.6 Å². The lowest BCUT2D eigenvalue weighted by Gasteiger charge is -2.15. The predicted molar refractivity (Wildman–Crippen MR) is 84.4 cm³/mol. The highest BCUT2D eigenvalue weighted by atomic mass is 16.2. The molecule has 22 heavy (non-hydrogen) atoms. The number of aromatic nitrogens is 2. The average Bonchev–Trinajstić information content (AvgIpc) is 2.99. The van der Waals surface area contributed by atoms with Crippen molar-refractivity contribution in [2.75, 3.05) is 13.1 Å². The van der Waals surface area contributed by atoms with Gasteiger partial charge in [-0.3, -0.25) is 14.2 Å². The number of H-pyrrole nitrogens is 1. The maximum absolute atomic E-state index is 12.4. The number of benzene rings is 1. The summed E-state index contributed by atoms with van der Waals surface area (Å²) >= 11 is 0. The fourth-order valence-electron chi connectivity index (χ4n) is 2.94. The molecule has 6 heteroatoms. The van der Waals surface area contributed by atoms with Gasteiger partial charge in [0.25, 0.3) is 11.5 Å². The van der Waals surface area contributed by atoms with E-state index in [1.165, 1.54) is 4.57 Å². The number of nitrogens with zero attached hydrogens (tertiary/aromatic N) is 2. The van der Waals surface area contributed by atoms with E-state index >= 15 is 0 Å². The zero-order valence-electron chi connectivity index (χ0n) is 12.8. The molecule has 2 aromatic rings. The minimum atomic E-state index is -0.446. The molecule has 1 aromatic heterocycles. The number of likely N-dealkylation sites (tertiary alicyclic amines) is 1. The largest absolute Gasteiger partial charge is 0.339 e. The van der Waals surface area contributed by atoms with Gasteiger partial charge in [0, 0.05) is 24.7 Å². The summed E-state index contributed by atoms with van der Waals surface area (Å²) in [6.45, 7) is 5.10. The van der Waals surface area contributed by atoms with Crippen molar-refractivity contribution in [2.24, 2.45) is 0 Å². The highest BCUT2D eigenvalue weighted by Crippen LogP contribution is 2.15. The van der Waals surface area contributed by atoms with Crippen LogP contribution in [0.25, 0.3) is 10.9 Å². The van der Waals surface area contributed by atoms with Crippen molar-refractivity contribution < 1.29 is 4.79 Å². The molecule has 0 bridgehead atoms. The van der Waals surface area contributed by atoms with Crippen LogP contribution < -0.4 is 11.2 Å². The van der Waals surface area contributed by atoms with E-state index in [1.807, 2.05) is 0 Å². The fourth-order valence-corrected chi connectivity index (χ4v) is 2.94. The Kier molecular flexibility index (Phi) is 3.60. The molecular weight excluding hydrogens is 282 g/mol. The lowest BCUT2D eigenvalue weighted by atomic mass is 10.1. The quantitative estimate of drug-likeness (QED) is 0.913. The smallest absolute Gasteiger partial charge is 0.329 e. The summed E-state index contributed by atoms with van der Waals surface area (Å²) in [5, 5.41) is 0.422. The number of amides is 1. The molecule has 1 aliphatic heterocycles. The minimum Gasteiger partial charge on any atom is -0.339 e. The second-order valence-electron chi connectivity index (χ2n) is 5.96. The zero-order valence-corrected chi connectivity index (χ0v) is 12.8. The maximum atomic E-state index is 12.4. The van der Waals surface area contributed by atoms with Crippen molar-refractivity contribution in [2.45, 2.75) is 32.7 Å². The summed E-state index contributed by atoms with van der Waals surface area (Å²) in [6, 6.07) is 4.67. The van der Waals surface area contributed by atoms with Crippen LogP contribution >= 0.6 is 0 Å². The molecule has 116 valence electrons. The molecule has 6 nitrogen and oxygen atoms in total. The first kappa shape index (κ1) is 14.6. The van der Waals surface area contributed by atoms with E-state index in [-0.39, 0.29) is 17.5 Å². The highest BCUT2D eigenvalue weighted by molar-refractivity contribution is 5.97. The zero-order chi connectivity index (χ0) is 15.9. The Balaban J connectivity index is 2.11. The van der Waals surface area contributed by atoms with Gasteiger partial charge >= 0.3 is 5.69 Å². The van der Waals surface area contributed by atoms with E-state index < -0.39 is 5.69 Å². The Morgan fingerprint density at radius 1 is 1.18 bits per heavy atom. The van der Waals surface area contributed by atoms with Gasteiger partial charge < -0.3 is 9.88 Å². The maximum Gasteiger partial charge on any atom is 0.329 e. The lowest BCUT2D eigenvalue weighted by molar-refractivity contribution is 0.0793. The first-order valence-electron chi connectivity index (χ1n) is 7.57. The number of rotatable bonds is 2. The number of hydrogen-bond acceptors (Lipinski definition) is 3. The van der Waals surface area contributed by atoms with Gasteiger partial charge in [-0.25, -0.2) is 4.79 Å². The summed E-state index contributed by atoms with van der Waals surface area (Å²) in [5.74, 6) is -0.0479. The molecule has 0 spiro atoms. The van der Waals surface area contributed by atoms with Gasteiger partial charge in [-0.05, 0) is 44.9 Å². The summed E-state index contributed by atoms with van der Waals surface area (Å²) < 4.78 is 1.18. The van der Waals surface area contributed by atoms with Gasteiger partial charge in [0.1, 0.15) is 0 Å². The van der Waals surface area contributed by atoms with Gasteiger partial charge in [-0.2, -0.15) is 0 Å². The van der Waals surface area contributed by atoms with Gasteiger partial charge in [0.05, 0.1) is 10.9 Å². The summed E-state index contributed by atoms with van der Waals surface area (Å²) in [7, 11) is 0. The van der Waals surface area contributed by atoms with Crippen LogP contribution in [0, 0.1) is 0 Å². The van der Waals surface area contributed by atoms with Crippen LogP contribution in [0.3, 0.4) is 0 Å². The van der Waals surface area contributed by atoms with E-state index in [0.29, 0.717) is 16.5 Å². The second kappa shape index (κ2) is 5.44. The Hall–Kier alpha value is -2.37. The average molecular weight is 301 g/mol. The number of hydrogen-bond donors (Lipinski definition) is 1. The Labute approximate surface area is 127 Å². The van der Waals surface area contributed by atoms with Crippen LogP contribution in [0.15, 0.2) is 27.8 Å². The van der Waals surface area contributed by atoms with Crippen molar-refractivity contribution in [3.8, 4) is 0 Å². The molecule has 1 aliphatic rings. The van der Waals surface area contributed by atoms with Gasteiger partial charge in [0.2, 0.25) is 0 Å². The van der Waals surface area contributed by atoms with Crippen LogP contribution in [0.5, 0.6) is 0 Å². The fraction of sp³-hybridized carbons (Fsp3) is 0.438. The number of fused-ring (bicyclic) bond motifs is 1. The number of nitrogens with one attached hydrogen (secondary N) is 1. The Morgan fingerprint density at radius 3 is 2.50 bits per heavy atom.